The second-order valence-corrected chi connectivity index (χ2v) is 5.33. The zero-order valence-corrected chi connectivity index (χ0v) is 11.5. The highest BCUT2D eigenvalue weighted by molar-refractivity contribution is 6.31. The third-order valence-electron chi connectivity index (χ3n) is 3.87. The van der Waals surface area contributed by atoms with E-state index in [1.807, 2.05) is 0 Å². The van der Waals surface area contributed by atoms with Crippen molar-refractivity contribution >= 4 is 17.6 Å². The maximum absolute atomic E-state index is 14.3. The molecule has 104 valence electrons. The summed E-state index contributed by atoms with van der Waals surface area (Å²) in [4.78, 5) is 11.7. The Labute approximate surface area is 116 Å². The molecule has 0 saturated heterocycles. The van der Waals surface area contributed by atoms with Crippen molar-refractivity contribution in [1.82, 2.24) is 0 Å². The number of benzene rings is 1. The summed E-state index contributed by atoms with van der Waals surface area (Å²) in [6.07, 6.45) is 3.40. The third-order valence-corrected chi connectivity index (χ3v) is 4.14. The zero-order chi connectivity index (χ0) is 14.0. The Kier molecular flexibility index (Phi) is 3.99. The number of hydrogen-bond acceptors (Lipinski definition) is 2. The molecule has 0 heterocycles. The molecule has 1 aliphatic carbocycles. The molecular formula is C14H16ClFO3. The number of carbonyl (C=O) groups is 1. The summed E-state index contributed by atoms with van der Waals surface area (Å²) in [6.45, 7) is 0. The monoisotopic (exact) mass is 286 g/mol. The van der Waals surface area contributed by atoms with Crippen molar-refractivity contribution in [3.8, 4) is 5.75 Å². The molecule has 3 nitrogen and oxygen atoms in total. The average molecular weight is 287 g/mol. The van der Waals surface area contributed by atoms with Crippen LogP contribution in [0.25, 0.3) is 0 Å². The fraction of sp³-hybridized carbons (Fsp3) is 0.500. The van der Waals surface area contributed by atoms with Crippen molar-refractivity contribution in [2.75, 3.05) is 7.11 Å². The smallest absolute Gasteiger partial charge is 0.314 e. The summed E-state index contributed by atoms with van der Waals surface area (Å²) >= 11 is 5.84. The normalized spacial score (nSPS) is 18.1. The average Bonchev–Trinajstić information content (AvgIpc) is 2.42. The molecule has 2 rings (SSSR count). The largest absolute Gasteiger partial charge is 0.497 e. The minimum Gasteiger partial charge on any atom is -0.497 e. The molecule has 1 aromatic rings. The Hall–Kier alpha value is -1.29. The highest BCUT2D eigenvalue weighted by atomic mass is 35.5. The van der Waals surface area contributed by atoms with Gasteiger partial charge in [-0.25, -0.2) is 4.39 Å². The van der Waals surface area contributed by atoms with Crippen molar-refractivity contribution < 1.29 is 19.0 Å². The van der Waals surface area contributed by atoms with E-state index in [1.165, 1.54) is 19.2 Å². The minimum absolute atomic E-state index is 0.0967. The van der Waals surface area contributed by atoms with Gasteiger partial charge in [-0.3, -0.25) is 4.79 Å². The van der Waals surface area contributed by atoms with Crippen LogP contribution in [0.2, 0.25) is 5.02 Å². The fourth-order valence-corrected chi connectivity index (χ4v) is 2.99. The maximum atomic E-state index is 14.3. The zero-order valence-electron chi connectivity index (χ0n) is 10.7. The molecule has 0 bridgehead atoms. The SMILES string of the molecule is COc1cc(Cl)c(F)c(C2(C(=O)O)CCCCC2)c1. The summed E-state index contributed by atoms with van der Waals surface area (Å²) in [5, 5.41) is 9.47. The van der Waals surface area contributed by atoms with Gasteiger partial charge in [-0.15, -0.1) is 0 Å². The first-order valence-electron chi connectivity index (χ1n) is 6.28. The van der Waals surface area contributed by atoms with Crippen LogP contribution in [0.4, 0.5) is 4.39 Å². The topological polar surface area (TPSA) is 46.5 Å². The standard InChI is InChI=1S/C14H16ClFO3/c1-19-9-7-10(12(16)11(15)8-9)14(13(17)18)5-3-2-4-6-14/h7-8H,2-6H2,1H3,(H,17,18). The van der Waals surface area contributed by atoms with Crippen LogP contribution in [0.3, 0.4) is 0 Å². The highest BCUT2D eigenvalue weighted by Gasteiger charge is 2.43. The van der Waals surface area contributed by atoms with E-state index in [-0.39, 0.29) is 10.6 Å². The van der Waals surface area contributed by atoms with Gasteiger partial charge in [0, 0.05) is 11.6 Å². The van der Waals surface area contributed by atoms with Crippen molar-refractivity contribution in [2.45, 2.75) is 37.5 Å². The van der Waals surface area contributed by atoms with E-state index in [9.17, 15) is 14.3 Å². The Morgan fingerprint density at radius 2 is 2.00 bits per heavy atom. The van der Waals surface area contributed by atoms with Gasteiger partial charge in [0.1, 0.15) is 11.6 Å². The van der Waals surface area contributed by atoms with E-state index in [0.717, 1.165) is 19.3 Å². The first kappa shape index (κ1) is 14.1. The van der Waals surface area contributed by atoms with E-state index in [4.69, 9.17) is 16.3 Å². The van der Waals surface area contributed by atoms with Gasteiger partial charge in [0.05, 0.1) is 17.5 Å². The lowest BCUT2D eigenvalue weighted by Gasteiger charge is -2.34. The van der Waals surface area contributed by atoms with Gasteiger partial charge in [-0.2, -0.15) is 0 Å². The van der Waals surface area contributed by atoms with Gasteiger partial charge in [-0.05, 0) is 18.9 Å². The van der Waals surface area contributed by atoms with Gasteiger partial charge in [0.2, 0.25) is 0 Å². The van der Waals surface area contributed by atoms with Crippen molar-refractivity contribution in [2.24, 2.45) is 0 Å². The lowest BCUT2D eigenvalue weighted by molar-refractivity contribution is -0.145. The van der Waals surface area contributed by atoms with Crippen LogP contribution in [0.15, 0.2) is 12.1 Å². The second-order valence-electron chi connectivity index (χ2n) is 4.92. The molecular weight excluding hydrogens is 271 g/mol. The summed E-state index contributed by atoms with van der Waals surface area (Å²) < 4.78 is 19.3. The van der Waals surface area contributed by atoms with E-state index in [1.54, 1.807) is 0 Å². The molecule has 0 spiro atoms. The predicted molar refractivity (Wildman–Crippen MR) is 70.4 cm³/mol. The highest BCUT2D eigenvalue weighted by Crippen LogP contribution is 2.43. The molecule has 0 atom stereocenters. The van der Waals surface area contributed by atoms with Crippen molar-refractivity contribution in [3.05, 3.63) is 28.5 Å². The fourth-order valence-electron chi connectivity index (χ4n) is 2.78. The van der Waals surface area contributed by atoms with Crippen LogP contribution < -0.4 is 4.74 Å². The number of rotatable bonds is 3. The molecule has 1 fully saturated rings. The molecule has 1 saturated carbocycles. The van der Waals surface area contributed by atoms with Gasteiger partial charge >= 0.3 is 5.97 Å². The number of aliphatic carboxylic acids is 1. The number of carboxylic acids is 1. The Balaban J connectivity index is 2.59. The molecule has 19 heavy (non-hydrogen) atoms. The lowest BCUT2D eigenvalue weighted by atomic mass is 9.69. The Bertz CT molecular complexity index is 496. The number of halogens is 2. The minimum atomic E-state index is -1.18. The van der Waals surface area contributed by atoms with E-state index >= 15 is 0 Å². The number of ether oxygens (including phenoxy) is 1. The Morgan fingerprint density at radius 3 is 2.53 bits per heavy atom. The summed E-state index contributed by atoms with van der Waals surface area (Å²) in [6, 6.07) is 2.82. The summed E-state index contributed by atoms with van der Waals surface area (Å²) in [5.74, 6) is -1.25. The van der Waals surface area contributed by atoms with Crippen molar-refractivity contribution in [1.29, 1.82) is 0 Å². The summed E-state index contributed by atoms with van der Waals surface area (Å²) in [7, 11) is 1.45. The van der Waals surface area contributed by atoms with Gasteiger partial charge in [0.25, 0.3) is 0 Å². The molecule has 1 N–H and O–H groups in total. The molecule has 0 unspecified atom stereocenters. The molecule has 0 aliphatic heterocycles. The van der Waals surface area contributed by atoms with Crippen LogP contribution in [0, 0.1) is 5.82 Å². The lowest BCUT2D eigenvalue weighted by Crippen LogP contribution is -2.38. The molecule has 0 aromatic heterocycles. The van der Waals surface area contributed by atoms with E-state index in [0.29, 0.717) is 18.6 Å². The van der Waals surface area contributed by atoms with Crippen molar-refractivity contribution in [3.63, 3.8) is 0 Å². The molecule has 1 aromatic carbocycles. The second kappa shape index (κ2) is 5.37. The van der Waals surface area contributed by atoms with Crippen LogP contribution in [0.1, 0.15) is 37.7 Å². The van der Waals surface area contributed by atoms with E-state index < -0.39 is 17.2 Å². The number of hydrogen-bond donors (Lipinski definition) is 1. The molecule has 1 aliphatic rings. The maximum Gasteiger partial charge on any atom is 0.314 e. The summed E-state index contributed by atoms with van der Waals surface area (Å²) in [5.41, 5.74) is -1.04. The molecule has 0 amide bonds. The van der Waals surface area contributed by atoms with E-state index in [2.05, 4.69) is 0 Å². The van der Waals surface area contributed by atoms with Gasteiger partial charge < -0.3 is 9.84 Å². The quantitative estimate of drug-likeness (QED) is 0.920. The van der Waals surface area contributed by atoms with Crippen LogP contribution in [0.5, 0.6) is 5.75 Å². The van der Waals surface area contributed by atoms with Crippen LogP contribution in [-0.4, -0.2) is 18.2 Å². The molecule has 0 radical (unpaired) electrons. The number of carboxylic acid groups (broad SMARTS) is 1. The van der Waals surface area contributed by atoms with Crippen LogP contribution in [-0.2, 0) is 10.2 Å². The molecule has 5 heteroatoms. The van der Waals surface area contributed by atoms with Crippen LogP contribution >= 0.6 is 11.6 Å². The number of methoxy groups -OCH3 is 1. The van der Waals surface area contributed by atoms with Gasteiger partial charge in [-0.1, -0.05) is 30.9 Å². The first-order valence-corrected chi connectivity index (χ1v) is 6.66. The third kappa shape index (κ3) is 2.41. The Morgan fingerprint density at radius 1 is 1.37 bits per heavy atom. The first-order chi connectivity index (χ1) is 9.01. The van der Waals surface area contributed by atoms with Gasteiger partial charge in [0.15, 0.2) is 0 Å². The predicted octanol–water partition coefficient (Wildman–Crippen LogP) is 3.77.